The molecule has 0 fully saturated rings. The van der Waals surface area contributed by atoms with Gasteiger partial charge >= 0.3 is 0 Å². The lowest BCUT2D eigenvalue weighted by Gasteiger charge is -2.32. The molecule has 2 aromatic carbocycles. The summed E-state index contributed by atoms with van der Waals surface area (Å²) >= 11 is 0. The van der Waals surface area contributed by atoms with Gasteiger partial charge in [-0.25, -0.2) is 9.37 Å². The first-order valence-corrected chi connectivity index (χ1v) is 14.8. The monoisotopic (exact) mass is 591 g/mol. The molecule has 0 spiro atoms. The molecule has 0 aliphatic rings. The first kappa shape index (κ1) is 32.2. The van der Waals surface area contributed by atoms with E-state index in [4.69, 9.17) is 5.41 Å². The molecule has 44 heavy (non-hydrogen) atoms. The molecule has 0 amide bonds. The number of hydrogen-bond donors (Lipinski definition) is 3. The Kier molecular flexibility index (Phi) is 11.1. The van der Waals surface area contributed by atoms with E-state index in [0.717, 1.165) is 59.6 Å². The first-order chi connectivity index (χ1) is 21.3. The van der Waals surface area contributed by atoms with Crippen LogP contribution in [-0.4, -0.2) is 41.1 Å². The summed E-state index contributed by atoms with van der Waals surface area (Å²) in [7, 11) is 3.97. The van der Waals surface area contributed by atoms with Crippen LogP contribution >= 0.6 is 0 Å². The fraction of sp³-hybridized carbons (Fsp3) is 0.278. The lowest BCUT2D eigenvalue weighted by molar-refractivity contribution is 0.475. The van der Waals surface area contributed by atoms with Crippen molar-refractivity contribution >= 4 is 29.9 Å². The van der Waals surface area contributed by atoms with Crippen molar-refractivity contribution in [3.05, 3.63) is 125 Å². The summed E-state index contributed by atoms with van der Waals surface area (Å²) in [6, 6.07) is 18.5. The van der Waals surface area contributed by atoms with Crippen LogP contribution in [0, 0.1) is 5.41 Å². The maximum absolute atomic E-state index is 13.3. The van der Waals surface area contributed by atoms with Gasteiger partial charge in [-0.05, 0) is 112 Å². The number of rotatable bonds is 15. The third-order valence-electron chi connectivity index (χ3n) is 8.27. The number of anilines is 1. The molecule has 0 aliphatic heterocycles. The van der Waals surface area contributed by atoms with E-state index in [9.17, 15) is 4.39 Å². The van der Waals surface area contributed by atoms with Gasteiger partial charge in [0.1, 0.15) is 6.67 Å². The van der Waals surface area contributed by atoms with Crippen LogP contribution < -0.4 is 10.6 Å². The van der Waals surface area contributed by atoms with Crippen LogP contribution in [0.1, 0.15) is 60.3 Å². The Hall–Kier alpha value is -4.69. The number of benzene rings is 2. The van der Waals surface area contributed by atoms with E-state index in [2.05, 4.69) is 82.6 Å². The van der Waals surface area contributed by atoms with Gasteiger partial charge in [0, 0.05) is 43.1 Å². The number of halogens is 1. The van der Waals surface area contributed by atoms with Gasteiger partial charge in [-0.2, -0.15) is 0 Å². The number of nitrogens with zero attached hydrogens (tertiary/aromatic N) is 4. The summed E-state index contributed by atoms with van der Waals surface area (Å²) in [5, 5.41) is 13.6. The molecule has 4 aromatic rings. The minimum Gasteiger partial charge on any atom is -0.362 e. The van der Waals surface area contributed by atoms with Crippen molar-refractivity contribution in [2.75, 3.05) is 18.9 Å². The van der Waals surface area contributed by atoms with E-state index in [1.54, 1.807) is 30.9 Å². The normalized spacial score (nSPS) is 13.4. The summed E-state index contributed by atoms with van der Waals surface area (Å²) in [6.07, 6.45) is 12.8. The van der Waals surface area contributed by atoms with Gasteiger partial charge in [0.05, 0.1) is 28.8 Å². The predicted molar refractivity (Wildman–Crippen MR) is 181 cm³/mol. The zero-order valence-electron chi connectivity index (χ0n) is 26.1. The van der Waals surface area contributed by atoms with Crippen molar-refractivity contribution < 1.29 is 4.39 Å². The molecule has 7 nitrogen and oxygen atoms in total. The highest BCUT2D eigenvalue weighted by molar-refractivity contribution is 5.78. The lowest BCUT2D eigenvalue weighted by atomic mass is 9.73. The fourth-order valence-corrected chi connectivity index (χ4v) is 5.62. The Labute approximate surface area is 260 Å². The molecule has 0 saturated heterocycles. The molecule has 0 saturated carbocycles. The standard InChI is InChI=1S/C36H42FN7/c1-26(28(8-6-18-39-3)20-27-9-13-31(14-10-27)42-19-7-17-38)33-21-29(12-16-34(33)40-4)36(2,35-24-41-25-44(35)5)30-11-15-32(22-37)43-23-30/h7,9-17,19,21,23-25,38-39,42H,4,6,8,18,20,22H2,1-3,5H3/b19-7-,28-26+,38-17?. The number of aliphatic imine (C=N–C) groups is 1. The second-order valence-corrected chi connectivity index (χ2v) is 11.1. The van der Waals surface area contributed by atoms with Gasteiger partial charge in [-0.1, -0.05) is 29.8 Å². The maximum atomic E-state index is 13.3. The van der Waals surface area contributed by atoms with Crippen molar-refractivity contribution in [1.29, 1.82) is 5.41 Å². The molecule has 2 aromatic heterocycles. The summed E-state index contributed by atoms with van der Waals surface area (Å²) in [5.74, 6) is 0. The van der Waals surface area contributed by atoms with Crippen LogP contribution in [0.25, 0.3) is 5.57 Å². The van der Waals surface area contributed by atoms with Gasteiger partial charge in [-0.15, -0.1) is 0 Å². The number of alkyl halides is 1. The van der Waals surface area contributed by atoms with Gasteiger partial charge in [-0.3, -0.25) is 9.98 Å². The first-order valence-electron chi connectivity index (χ1n) is 14.8. The minimum absolute atomic E-state index is 0.407. The van der Waals surface area contributed by atoms with E-state index in [-0.39, 0.29) is 0 Å². The Morgan fingerprint density at radius 2 is 1.89 bits per heavy atom. The zero-order chi connectivity index (χ0) is 31.5. The Morgan fingerprint density at radius 1 is 1.11 bits per heavy atom. The van der Waals surface area contributed by atoms with Crippen molar-refractivity contribution in [3.8, 4) is 0 Å². The van der Waals surface area contributed by atoms with Crippen LogP contribution in [-0.2, 0) is 25.6 Å². The largest absolute Gasteiger partial charge is 0.362 e. The zero-order valence-corrected chi connectivity index (χ0v) is 26.1. The summed E-state index contributed by atoms with van der Waals surface area (Å²) in [6.45, 7) is 8.56. The van der Waals surface area contributed by atoms with Crippen molar-refractivity contribution in [1.82, 2.24) is 19.9 Å². The van der Waals surface area contributed by atoms with Crippen LogP contribution in [0.2, 0.25) is 0 Å². The Balaban J connectivity index is 1.82. The number of pyridine rings is 1. The molecule has 1 unspecified atom stereocenters. The van der Waals surface area contributed by atoms with Crippen LogP contribution in [0.3, 0.4) is 0 Å². The van der Waals surface area contributed by atoms with Crippen molar-refractivity contribution in [2.24, 2.45) is 12.0 Å². The molecule has 0 bridgehead atoms. The van der Waals surface area contributed by atoms with Crippen LogP contribution in [0.15, 0.2) is 96.2 Å². The van der Waals surface area contributed by atoms with E-state index in [1.807, 2.05) is 37.0 Å². The number of aryl methyl sites for hydroxylation is 1. The average molecular weight is 592 g/mol. The highest BCUT2D eigenvalue weighted by atomic mass is 19.1. The van der Waals surface area contributed by atoms with E-state index in [0.29, 0.717) is 5.69 Å². The average Bonchev–Trinajstić information content (AvgIpc) is 3.50. The SMILES string of the molecule is C=Nc1ccc(C(C)(c2ccc(CF)nc2)c2cncn2C)cc1/C(C)=C(\CCCNC)Cc1ccc(N/C=C\C=N)cc1. The third-order valence-corrected chi connectivity index (χ3v) is 8.27. The number of nitrogens with one attached hydrogen (secondary N) is 3. The van der Waals surface area contributed by atoms with Gasteiger partial charge in [0.15, 0.2) is 0 Å². The number of aromatic nitrogens is 3. The van der Waals surface area contributed by atoms with E-state index < -0.39 is 12.1 Å². The molecule has 228 valence electrons. The number of imidazole rings is 1. The second-order valence-electron chi connectivity index (χ2n) is 11.1. The third kappa shape index (κ3) is 7.26. The molecule has 1 atom stereocenters. The molecular weight excluding hydrogens is 549 g/mol. The topological polar surface area (TPSA) is 91.0 Å². The Morgan fingerprint density at radius 3 is 2.50 bits per heavy atom. The Bertz CT molecular complexity index is 1620. The quantitative estimate of drug-likeness (QED) is 0.0983. The molecule has 8 heteroatoms. The van der Waals surface area contributed by atoms with Gasteiger partial charge in [0.25, 0.3) is 0 Å². The molecule has 0 radical (unpaired) electrons. The van der Waals surface area contributed by atoms with E-state index in [1.165, 1.54) is 22.9 Å². The smallest absolute Gasteiger partial charge is 0.131 e. The fourth-order valence-electron chi connectivity index (χ4n) is 5.62. The minimum atomic E-state index is -0.608. The lowest BCUT2D eigenvalue weighted by Crippen LogP contribution is -2.28. The van der Waals surface area contributed by atoms with Crippen LogP contribution in [0.4, 0.5) is 15.8 Å². The maximum Gasteiger partial charge on any atom is 0.131 e. The van der Waals surface area contributed by atoms with Crippen LogP contribution in [0.5, 0.6) is 0 Å². The van der Waals surface area contributed by atoms with Crippen molar-refractivity contribution in [3.63, 3.8) is 0 Å². The molecule has 4 rings (SSSR count). The molecule has 2 heterocycles. The summed E-state index contributed by atoms with van der Waals surface area (Å²) in [5.41, 5.74) is 9.37. The highest BCUT2D eigenvalue weighted by Crippen LogP contribution is 2.42. The molecular formula is C36H42FN7. The van der Waals surface area contributed by atoms with Crippen molar-refractivity contribution in [2.45, 2.75) is 45.2 Å². The number of hydrogen-bond acceptors (Lipinski definition) is 6. The highest BCUT2D eigenvalue weighted by Gasteiger charge is 2.35. The van der Waals surface area contributed by atoms with E-state index >= 15 is 0 Å². The molecule has 3 N–H and O–H groups in total. The molecule has 0 aliphatic carbocycles. The predicted octanol–water partition coefficient (Wildman–Crippen LogP) is 7.56. The summed E-state index contributed by atoms with van der Waals surface area (Å²) < 4.78 is 15.4. The second kappa shape index (κ2) is 15.2. The number of allylic oxidation sites excluding steroid dienone is 3. The van der Waals surface area contributed by atoms with Gasteiger partial charge < -0.3 is 20.6 Å². The van der Waals surface area contributed by atoms with Gasteiger partial charge in [0.2, 0.25) is 0 Å². The summed E-state index contributed by atoms with van der Waals surface area (Å²) in [4.78, 5) is 13.3.